The lowest BCUT2D eigenvalue weighted by Gasteiger charge is -2.37. The molecule has 21 heavy (non-hydrogen) atoms. The van der Waals surface area contributed by atoms with Crippen molar-refractivity contribution in [1.82, 2.24) is 10.2 Å². The van der Waals surface area contributed by atoms with Crippen LogP contribution in [-0.2, 0) is 4.74 Å². The molecule has 1 aromatic carbocycles. The Kier molecular flexibility index (Phi) is 4.24. The molecule has 2 aliphatic heterocycles. The molecule has 2 aliphatic rings. The maximum Gasteiger partial charge on any atom is 0.159 e. The molecule has 1 N–H and O–H groups in total. The molecule has 0 spiro atoms. The van der Waals surface area contributed by atoms with Gasteiger partial charge in [-0.15, -0.1) is 0 Å². The van der Waals surface area contributed by atoms with E-state index >= 15 is 0 Å². The molecule has 2 unspecified atom stereocenters. The molecule has 3 nitrogen and oxygen atoms in total. The first-order valence-corrected chi connectivity index (χ1v) is 7.55. The molecule has 0 radical (unpaired) electrons. The summed E-state index contributed by atoms with van der Waals surface area (Å²) < 4.78 is 32.1. The van der Waals surface area contributed by atoms with E-state index in [1.54, 1.807) is 6.07 Å². The van der Waals surface area contributed by atoms with Gasteiger partial charge < -0.3 is 10.1 Å². The van der Waals surface area contributed by atoms with Crippen molar-refractivity contribution in [2.45, 2.75) is 19.4 Å². The fourth-order valence-corrected chi connectivity index (χ4v) is 3.30. The predicted octanol–water partition coefficient (Wildman–Crippen LogP) is 2.34. The molecule has 3 rings (SSSR count). The van der Waals surface area contributed by atoms with Crippen molar-refractivity contribution >= 4 is 0 Å². The zero-order chi connectivity index (χ0) is 14.9. The summed E-state index contributed by atoms with van der Waals surface area (Å²) in [6.07, 6.45) is 1.01. The molecule has 5 heteroatoms. The van der Waals surface area contributed by atoms with Gasteiger partial charge in [0.15, 0.2) is 11.6 Å². The van der Waals surface area contributed by atoms with E-state index in [2.05, 4.69) is 17.1 Å². The van der Waals surface area contributed by atoms with Gasteiger partial charge in [-0.1, -0.05) is 13.0 Å². The number of halogens is 2. The molecule has 0 aromatic heterocycles. The van der Waals surface area contributed by atoms with Crippen LogP contribution in [0.2, 0.25) is 0 Å². The quantitative estimate of drug-likeness (QED) is 0.926. The second kappa shape index (κ2) is 5.99. The second-order valence-corrected chi connectivity index (χ2v) is 6.51. The van der Waals surface area contributed by atoms with Gasteiger partial charge in [-0.25, -0.2) is 8.78 Å². The van der Waals surface area contributed by atoms with Crippen molar-refractivity contribution in [1.29, 1.82) is 0 Å². The summed E-state index contributed by atoms with van der Waals surface area (Å²) in [5.74, 6) is -1.61. The average molecular weight is 296 g/mol. The highest BCUT2D eigenvalue weighted by Gasteiger charge is 2.33. The van der Waals surface area contributed by atoms with Gasteiger partial charge in [0.2, 0.25) is 0 Å². The highest BCUT2D eigenvalue weighted by Crippen LogP contribution is 2.29. The Balaban J connectivity index is 1.66. The topological polar surface area (TPSA) is 24.5 Å². The van der Waals surface area contributed by atoms with Crippen LogP contribution in [0.5, 0.6) is 0 Å². The minimum atomic E-state index is -0.809. The first-order chi connectivity index (χ1) is 10.1. The lowest BCUT2D eigenvalue weighted by molar-refractivity contribution is -0.0402. The Morgan fingerprint density at radius 1 is 1.38 bits per heavy atom. The first-order valence-electron chi connectivity index (χ1n) is 7.55. The maximum atomic E-state index is 13.4. The standard InChI is InChI=1S/C16H22F2N2O/c1-16(4-5-19-10-16)11-20-6-7-21-15(9-20)12-2-3-13(17)14(18)8-12/h2-3,8,15,19H,4-7,9-11H2,1H3. The van der Waals surface area contributed by atoms with Gasteiger partial charge in [0.25, 0.3) is 0 Å². The highest BCUT2D eigenvalue weighted by atomic mass is 19.2. The number of benzene rings is 1. The van der Waals surface area contributed by atoms with Crippen LogP contribution < -0.4 is 5.32 Å². The molecule has 0 aliphatic carbocycles. The lowest BCUT2D eigenvalue weighted by Crippen LogP contribution is -2.44. The zero-order valence-corrected chi connectivity index (χ0v) is 12.4. The van der Waals surface area contributed by atoms with Gasteiger partial charge in [0.05, 0.1) is 12.7 Å². The first kappa shape index (κ1) is 14.9. The van der Waals surface area contributed by atoms with Crippen LogP contribution in [0.1, 0.15) is 25.0 Å². The molecule has 2 atom stereocenters. The minimum absolute atomic E-state index is 0.174. The van der Waals surface area contributed by atoms with Gasteiger partial charge in [-0.2, -0.15) is 0 Å². The van der Waals surface area contributed by atoms with E-state index in [0.29, 0.717) is 17.6 Å². The van der Waals surface area contributed by atoms with E-state index in [-0.39, 0.29) is 6.10 Å². The second-order valence-electron chi connectivity index (χ2n) is 6.51. The van der Waals surface area contributed by atoms with E-state index in [9.17, 15) is 8.78 Å². The monoisotopic (exact) mass is 296 g/mol. The molecule has 0 amide bonds. The van der Waals surface area contributed by atoms with Crippen LogP contribution in [0.4, 0.5) is 8.78 Å². The summed E-state index contributed by atoms with van der Waals surface area (Å²) in [4.78, 5) is 2.38. The number of hydrogen-bond acceptors (Lipinski definition) is 3. The van der Waals surface area contributed by atoms with Gasteiger partial charge in [0, 0.05) is 26.2 Å². The van der Waals surface area contributed by atoms with Gasteiger partial charge >= 0.3 is 0 Å². The summed E-state index contributed by atoms with van der Waals surface area (Å²) >= 11 is 0. The molecule has 2 saturated heterocycles. The largest absolute Gasteiger partial charge is 0.371 e. The minimum Gasteiger partial charge on any atom is -0.371 e. The summed E-state index contributed by atoms with van der Waals surface area (Å²) in [6, 6.07) is 4.04. The Labute approximate surface area is 124 Å². The SMILES string of the molecule is CC1(CN2CCOC(c3ccc(F)c(F)c3)C2)CCNC1. The average Bonchev–Trinajstić information content (AvgIpc) is 2.88. The van der Waals surface area contributed by atoms with Crippen molar-refractivity contribution in [2.24, 2.45) is 5.41 Å². The van der Waals surface area contributed by atoms with E-state index in [1.165, 1.54) is 18.6 Å². The Hall–Kier alpha value is -1.04. The summed E-state index contributed by atoms with van der Waals surface area (Å²) in [6.45, 7) is 7.70. The van der Waals surface area contributed by atoms with Gasteiger partial charge in [0.1, 0.15) is 0 Å². The Bertz CT molecular complexity index is 503. The molecule has 2 heterocycles. The fraction of sp³-hybridized carbons (Fsp3) is 0.625. The molecule has 1 aromatic rings. The smallest absolute Gasteiger partial charge is 0.159 e. The van der Waals surface area contributed by atoms with Crippen LogP contribution in [0.15, 0.2) is 18.2 Å². The third-order valence-corrected chi connectivity index (χ3v) is 4.53. The Morgan fingerprint density at radius 3 is 2.95 bits per heavy atom. The van der Waals surface area contributed by atoms with E-state index in [4.69, 9.17) is 4.74 Å². The third-order valence-electron chi connectivity index (χ3n) is 4.53. The number of rotatable bonds is 3. The molecule has 2 fully saturated rings. The molecule has 116 valence electrons. The normalized spacial score (nSPS) is 30.7. The van der Waals surface area contributed by atoms with Crippen LogP contribution in [-0.4, -0.2) is 44.2 Å². The van der Waals surface area contributed by atoms with Gasteiger partial charge in [-0.05, 0) is 36.1 Å². The maximum absolute atomic E-state index is 13.4. The summed E-state index contributed by atoms with van der Waals surface area (Å²) in [7, 11) is 0. The van der Waals surface area contributed by atoms with Crippen molar-refractivity contribution < 1.29 is 13.5 Å². The van der Waals surface area contributed by atoms with Crippen molar-refractivity contribution in [2.75, 3.05) is 39.3 Å². The molecular weight excluding hydrogens is 274 g/mol. The van der Waals surface area contributed by atoms with Crippen molar-refractivity contribution in [3.05, 3.63) is 35.4 Å². The van der Waals surface area contributed by atoms with Crippen LogP contribution in [0.3, 0.4) is 0 Å². The fourth-order valence-electron chi connectivity index (χ4n) is 3.30. The third kappa shape index (κ3) is 3.42. The van der Waals surface area contributed by atoms with Crippen LogP contribution >= 0.6 is 0 Å². The van der Waals surface area contributed by atoms with Crippen molar-refractivity contribution in [3.8, 4) is 0 Å². The molecule has 0 saturated carbocycles. The highest BCUT2D eigenvalue weighted by molar-refractivity contribution is 5.21. The number of ether oxygens (including phenoxy) is 1. The number of hydrogen-bond donors (Lipinski definition) is 1. The number of nitrogens with zero attached hydrogens (tertiary/aromatic N) is 1. The van der Waals surface area contributed by atoms with Crippen LogP contribution in [0.25, 0.3) is 0 Å². The number of morpholine rings is 1. The van der Waals surface area contributed by atoms with E-state index < -0.39 is 11.6 Å². The van der Waals surface area contributed by atoms with Gasteiger partial charge in [-0.3, -0.25) is 4.90 Å². The Morgan fingerprint density at radius 2 is 2.24 bits per heavy atom. The predicted molar refractivity (Wildman–Crippen MR) is 77.1 cm³/mol. The van der Waals surface area contributed by atoms with E-state index in [0.717, 1.165) is 32.7 Å². The summed E-state index contributed by atoms with van der Waals surface area (Å²) in [5, 5.41) is 3.41. The zero-order valence-electron chi connectivity index (χ0n) is 12.4. The van der Waals surface area contributed by atoms with Crippen molar-refractivity contribution in [3.63, 3.8) is 0 Å². The van der Waals surface area contributed by atoms with Crippen LogP contribution in [0, 0.1) is 17.0 Å². The molecule has 0 bridgehead atoms. The molecular formula is C16H22F2N2O. The lowest BCUT2D eigenvalue weighted by atomic mass is 9.89. The summed E-state index contributed by atoms with van der Waals surface area (Å²) in [5.41, 5.74) is 1.02. The number of nitrogens with one attached hydrogen (secondary N) is 1. The van der Waals surface area contributed by atoms with E-state index in [1.807, 2.05) is 0 Å².